The zero-order chi connectivity index (χ0) is 19.8. The Morgan fingerprint density at radius 3 is 2.43 bits per heavy atom. The molecule has 28 heavy (non-hydrogen) atoms. The minimum Gasteiger partial charge on any atom is -0.497 e. The summed E-state index contributed by atoms with van der Waals surface area (Å²) in [5.74, 6) is -0.515. The van der Waals surface area contributed by atoms with Crippen LogP contribution in [-0.4, -0.2) is 31.1 Å². The van der Waals surface area contributed by atoms with E-state index >= 15 is 0 Å². The van der Waals surface area contributed by atoms with Gasteiger partial charge in [-0.1, -0.05) is 18.2 Å². The van der Waals surface area contributed by atoms with Gasteiger partial charge in [0.15, 0.2) is 0 Å². The van der Waals surface area contributed by atoms with Crippen LogP contribution in [0.15, 0.2) is 48.5 Å². The highest BCUT2D eigenvalue weighted by molar-refractivity contribution is 6.08. The summed E-state index contributed by atoms with van der Waals surface area (Å²) in [4.78, 5) is 28.8. The van der Waals surface area contributed by atoms with Crippen LogP contribution in [0.4, 0.5) is 5.69 Å². The first-order valence-electron chi connectivity index (χ1n) is 8.90. The van der Waals surface area contributed by atoms with Crippen LogP contribution in [0.2, 0.25) is 0 Å². The molecule has 2 heterocycles. The third kappa shape index (κ3) is 2.74. The van der Waals surface area contributed by atoms with E-state index in [1.807, 2.05) is 55.5 Å². The minimum absolute atomic E-state index is 0.167. The zero-order valence-corrected chi connectivity index (χ0v) is 15.8. The molecule has 1 unspecified atom stereocenters. The fourth-order valence-electron chi connectivity index (χ4n) is 3.78. The lowest BCUT2D eigenvalue weighted by Crippen LogP contribution is -2.17. The number of aryl methyl sites for hydroxylation is 1. The summed E-state index contributed by atoms with van der Waals surface area (Å²) in [6.45, 7) is 1.81. The van der Waals surface area contributed by atoms with Crippen LogP contribution in [0.5, 0.6) is 5.75 Å². The highest BCUT2D eigenvalue weighted by Gasteiger charge is 2.38. The largest absolute Gasteiger partial charge is 0.497 e. The van der Waals surface area contributed by atoms with Crippen LogP contribution in [-0.2, 0) is 9.53 Å². The van der Waals surface area contributed by atoms with E-state index in [2.05, 4.69) is 10.3 Å². The van der Waals surface area contributed by atoms with E-state index in [4.69, 9.17) is 9.47 Å². The van der Waals surface area contributed by atoms with E-state index in [0.29, 0.717) is 16.8 Å². The molecule has 6 heteroatoms. The summed E-state index contributed by atoms with van der Waals surface area (Å²) in [6.07, 6.45) is 0. The number of hydrogen-bond acceptors (Lipinski definition) is 4. The van der Waals surface area contributed by atoms with Gasteiger partial charge in [0.1, 0.15) is 5.75 Å². The summed E-state index contributed by atoms with van der Waals surface area (Å²) in [5.41, 5.74) is 4.84. The number of nitrogens with one attached hydrogen (secondary N) is 2. The Kier molecular flexibility index (Phi) is 4.39. The lowest BCUT2D eigenvalue weighted by Gasteiger charge is -2.14. The van der Waals surface area contributed by atoms with E-state index in [-0.39, 0.29) is 5.91 Å². The van der Waals surface area contributed by atoms with Gasteiger partial charge in [0.2, 0.25) is 5.91 Å². The van der Waals surface area contributed by atoms with Crippen molar-refractivity contribution in [2.75, 3.05) is 19.5 Å². The number of anilines is 1. The first kappa shape index (κ1) is 17.9. The molecule has 0 spiro atoms. The summed E-state index contributed by atoms with van der Waals surface area (Å²) in [5, 5.41) is 2.91. The molecule has 3 aromatic rings. The molecule has 0 bridgehead atoms. The molecule has 1 atom stereocenters. The summed E-state index contributed by atoms with van der Waals surface area (Å²) < 4.78 is 10.3. The third-order valence-corrected chi connectivity index (χ3v) is 5.07. The van der Waals surface area contributed by atoms with Crippen molar-refractivity contribution in [1.29, 1.82) is 0 Å². The van der Waals surface area contributed by atoms with E-state index < -0.39 is 11.9 Å². The van der Waals surface area contributed by atoms with Crippen molar-refractivity contribution >= 4 is 17.6 Å². The summed E-state index contributed by atoms with van der Waals surface area (Å²) in [7, 11) is 2.95. The molecule has 1 aliphatic heterocycles. The lowest BCUT2D eigenvalue weighted by molar-refractivity contribution is -0.116. The number of aromatic nitrogens is 1. The number of H-pyrrole nitrogens is 1. The van der Waals surface area contributed by atoms with E-state index in [0.717, 1.165) is 28.3 Å². The number of amides is 1. The molecule has 4 rings (SSSR count). The zero-order valence-electron chi connectivity index (χ0n) is 15.8. The molecule has 1 aliphatic rings. The quantitative estimate of drug-likeness (QED) is 0.678. The number of methoxy groups -OCH3 is 2. The first-order chi connectivity index (χ1) is 13.5. The second-order valence-electron chi connectivity index (χ2n) is 6.64. The van der Waals surface area contributed by atoms with Gasteiger partial charge >= 0.3 is 5.97 Å². The highest BCUT2D eigenvalue weighted by atomic mass is 16.5. The molecule has 0 fully saturated rings. The molecule has 0 aliphatic carbocycles. The van der Waals surface area contributed by atoms with Gasteiger partial charge in [-0.2, -0.15) is 0 Å². The van der Waals surface area contributed by atoms with Crippen molar-refractivity contribution in [3.05, 3.63) is 70.9 Å². The van der Waals surface area contributed by atoms with Crippen LogP contribution in [0.3, 0.4) is 0 Å². The Hall–Kier alpha value is -3.54. The lowest BCUT2D eigenvalue weighted by atomic mass is 9.87. The average molecular weight is 376 g/mol. The number of carbonyl (C=O) groups is 2. The summed E-state index contributed by atoms with van der Waals surface area (Å²) in [6, 6.07) is 15.0. The number of rotatable bonds is 4. The van der Waals surface area contributed by atoms with Gasteiger partial charge in [0, 0.05) is 16.9 Å². The molecule has 0 saturated carbocycles. The van der Waals surface area contributed by atoms with Crippen molar-refractivity contribution in [3.8, 4) is 17.0 Å². The smallest absolute Gasteiger partial charge is 0.340 e. The van der Waals surface area contributed by atoms with Gasteiger partial charge in [0.05, 0.1) is 31.4 Å². The molecule has 2 N–H and O–H groups in total. The Morgan fingerprint density at radius 2 is 1.75 bits per heavy atom. The molecule has 1 amide bonds. The minimum atomic E-state index is -0.604. The molecule has 1 aromatic heterocycles. The molecule has 0 saturated heterocycles. The first-order valence-corrected chi connectivity index (χ1v) is 8.90. The highest BCUT2D eigenvalue weighted by Crippen LogP contribution is 2.43. The van der Waals surface area contributed by atoms with E-state index in [1.165, 1.54) is 7.11 Å². The molecular formula is C22H20N2O4. The van der Waals surface area contributed by atoms with Gasteiger partial charge in [-0.15, -0.1) is 0 Å². The van der Waals surface area contributed by atoms with Crippen LogP contribution >= 0.6 is 0 Å². The van der Waals surface area contributed by atoms with Gasteiger partial charge < -0.3 is 19.8 Å². The van der Waals surface area contributed by atoms with Crippen LogP contribution in [0.25, 0.3) is 11.3 Å². The molecule has 142 valence electrons. The van der Waals surface area contributed by atoms with Crippen molar-refractivity contribution in [2.45, 2.75) is 12.8 Å². The van der Waals surface area contributed by atoms with Gasteiger partial charge in [-0.3, -0.25) is 4.79 Å². The fraction of sp³-hybridized carbons (Fsp3) is 0.182. The fourth-order valence-corrected chi connectivity index (χ4v) is 3.78. The predicted octanol–water partition coefficient (Wildman–Crippen LogP) is 3.87. The number of benzene rings is 2. The maximum atomic E-state index is 12.9. The SMILES string of the molecule is COC(=O)c1c(C)[nH]c(-c2ccc(OC)cc2)c1C1C(=O)Nc2ccccc21. The number of aromatic amines is 1. The van der Waals surface area contributed by atoms with Crippen molar-refractivity contribution < 1.29 is 19.1 Å². The molecule has 6 nitrogen and oxygen atoms in total. The Labute approximate surface area is 162 Å². The van der Waals surface area contributed by atoms with Crippen molar-refractivity contribution in [1.82, 2.24) is 4.98 Å². The number of ether oxygens (including phenoxy) is 2. The maximum Gasteiger partial charge on any atom is 0.340 e. The van der Waals surface area contributed by atoms with Crippen LogP contribution in [0, 0.1) is 6.92 Å². The Bertz CT molecular complexity index is 1070. The van der Waals surface area contributed by atoms with E-state index in [1.54, 1.807) is 7.11 Å². The number of fused-ring (bicyclic) bond motifs is 1. The number of carbonyl (C=O) groups excluding carboxylic acids is 2. The van der Waals surface area contributed by atoms with Crippen LogP contribution in [0.1, 0.15) is 33.1 Å². The normalized spacial score (nSPS) is 15.1. The van der Waals surface area contributed by atoms with Gasteiger partial charge in [0.25, 0.3) is 0 Å². The number of esters is 1. The Balaban J connectivity index is 1.96. The van der Waals surface area contributed by atoms with Crippen molar-refractivity contribution in [2.24, 2.45) is 0 Å². The molecule has 0 radical (unpaired) electrons. The number of para-hydroxylation sites is 1. The summed E-state index contributed by atoms with van der Waals surface area (Å²) >= 11 is 0. The third-order valence-electron chi connectivity index (χ3n) is 5.07. The predicted molar refractivity (Wildman–Crippen MR) is 106 cm³/mol. The Morgan fingerprint density at radius 1 is 1.04 bits per heavy atom. The van der Waals surface area contributed by atoms with Crippen LogP contribution < -0.4 is 10.1 Å². The standard InChI is InChI=1S/C22H20N2O4/c1-12-17(22(26)28-3)19(18-15-6-4-5-7-16(15)24-21(18)25)20(23-12)13-8-10-14(27-2)11-9-13/h4-11,18,23H,1-3H3,(H,24,25). The second-order valence-corrected chi connectivity index (χ2v) is 6.64. The average Bonchev–Trinajstić information content (AvgIpc) is 3.22. The topological polar surface area (TPSA) is 80.4 Å². The molecule has 2 aromatic carbocycles. The van der Waals surface area contributed by atoms with Gasteiger partial charge in [-0.05, 0) is 48.4 Å². The monoisotopic (exact) mass is 376 g/mol. The van der Waals surface area contributed by atoms with Gasteiger partial charge in [-0.25, -0.2) is 4.79 Å². The van der Waals surface area contributed by atoms with E-state index in [9.17, 15) is 9.59 Å². The number of hydrogen-bond donors (Lipinski definition) is 2. The van der Waals surface area contributed by atoms with Crippen molar-refractivity contribution in [3.63, 3.8) is 0 Å². The molecular weight excluding hydrogens is 356 g/mol. The maximum absolute atomic E-state index is 12.9. The second kappa shape index (κ2) is 6.88.